The van der Waals surface area contributed by atoms with Gasteiger partial charge in [-0.15, -0.1) is 0 Å². The van der Waals surface area contributed by atoms with E-state index in [1.54, 1.807) is 24.3 Å². The number of anilines is 1. The van der Waals surface area contributed by atoms with Gasteiger partial charge in [0.2, 0.25) is 5.28 Å². The zero-order valence-corrected chi connectivity index (χ0v) is 22.2. The minimum absolute atomic E-state index is 0.0331. The topological polar surface area (TPSA) is 192 Å². The van der Waals surface area contributed by atoms with E-state index in [0.29, 0.717) is 33.9 Å². The summed E-state index contributed by atoms with van der Waals surface area (Å²) in [5.41, 5.74) is 1.70. The molecule has 1 aliphatic heterocycles. The molecule has 4 rings (SSSR count). The molecule has 2 aromatic carbocycles. The second-order valence-corrected chi connectivity index (χ2v) is 13.1. The molecule has 0 saturated carbocycles. The van der Waals surface area contributed by atoms with Crippen LogP contribution in [0.15, 0.2) is 42.5 Å². The van der Waals surface area contributed by atoms with E-state index in [1.807, 2.05) is 18.2 Å². The lowest BCUT2D eigenvalue weighted by Crippen LogP contribution is -2.33. The van der Waals surface area contributed by atoms with Crippen molar-refractivity contribution in [2.24, 2.45) is 0 Å². The molecule has 0 amide bonds. The predicted octanol–water partition coefficient (Wildman–Crippen LogP) is 3.05. The van der Waals surface area contributed by atoms with Crippen LogP contribution in [0, 0.1) is 0 Å². The van der Waals surface area contributed by atoms with Gasteiger partial charge in [-0.25, -0.2) is 9.97 Å². The molecule has 3 aromatic rings. The Morgan fingerprint density at radius 2 is 1.76 bits per heavy atom. The number of rotatable bonds is 9. The standard InChI is InChI=1S/C21H23Cl2N3O9P2/c22-14-4-2-1-3-12(14)8-24-20-13-6-5-11(7-15(13)25-21(23)26-20)19-18(28)17(27)16(35-19)9-34-37(32,33)10-36(29,30)31/h1-7,16-19,27-28H,8-10H2,(H,32,33)(H,24,25,26)(H2,29,30,31)/t16-,17-,18-,19+/m1/s1. The van der Waals surface area contributed by atoms with Crippen LogP contribution in [0.5, 0.6) is 0 Å². The molecule has 0 aliphatic carbocycles. The van der Waals surface area contributed by atoms with Gasteiger partial charge in [0.25, 0.3) is 0 Å². The largest absolute Gasteiger partial charge is 0.387 e. The van der Waals surface area contributed by atoms with Gasteiger partial charge in [-0.3, -0.25) is 9.13 Å². The fraction of sp³-hybridized carbons (Fsp3) is 0.333. The Labute approximate surface area is 220 Å². The summed E-state index contributed by atoms with van der Waals surface area (Å²) in [7, 11) is -9.48. The maximum Gasteiger partial charge on any atom is 0.340 e. The first kappa shape index (κ1) is 28.4. The number of hydrogen-bond acceptors (Lipinski definition) is 9. The van der Waals surface area contributed by atoms with Crippen LogP contribution in [0.1, 0.15) is 17.2 Å². The highest BCUT2D eigenvalue weighted by molar-refractivity contribution is 7.70. The Hall–Kier alpha value is -1.66. The van der Waals surface area contributed by atoms with Gasteiger partial charge in [0, 0.05) is 17.0 Å². The van der Waals surface area contributed by atoms with Crippen molar-refractivity contribution < 1.29 is 43.3 Å². The highest BCUT2D eigenvalue weighted by Gasteiger charge is 2.45. The summed E-state index contributed by atoms with van der Waals surface area (Å²) < 4.78 is 33.3. The highest BCUT2D eigenvalue weighted by Crippen LogP contribution is 2.55. The summed E-state index contributed by atoms with van der Waals surface area (Å²) in [4.78, 5) is 35.9. The molecule has 16 heteroatoms. The lowest BCUT2D eigenvalue weighted by molar-refractivity contribution is -0.0186. The molecule has 2 heterocycles. The van der Waals surface area contributed by atoms with Crippen LogP contribution in [0.4, 0.5) is 5.82 Å². The molecular formula is C21H23Cl2N3O9P2. The average Bonchev–Trinajstić information content (AvgIpc) is 3.09. The van der Waals surface area contributed by atoms with Gasteiger partial charge in [0.15, 0.2) is 5.90 Å². The number of fused-ring (bicyclic) bond motifs is 1. The van der Waals surface area contributed by atoms with E-state index in [9.17, 15) is 24.2 Å². The molecule has 1 unspecified atom stereocenters. The van der Waals surface area contributed by atoms with E-state index < -0.39 is 52.1 Å². The fourth-order valence-electron chi connectivity index (χ4n) is 3.88. The lowest BCUT2D eigenvalue weighted by Gasteiger charge is -2.18. The SMILES string of the molecule is O=P(O)(O)CP(=O)(O)OC[C@H]1O[C@@H](c2ccc3c(NCc4ccccc4Cl)nc(Cl)nc3c2)[C@H](O)[C@@H]1O. The van der Waals surface area contributed by atoms with Crippen molar-refractivity contribution in [1.29, 1.82) is 0 Å². The minimum Gasteiger partial charge on any atom is -0.387 e. The number of nitrogens with one attached hydrogen (secondary N) is 1. The summed E-state index contributed by atoms with van der Waals surface area (Å²) in [5.74, 6) is -0.934. The van der Waals surface area contributed by atoms with Crippen LogP contribution in [-0.4, -0.2) is 65.7 Å². The quantitative estimate of drug-likeness (QED) is 0.157. The molecule has 0 spiro atoms. The molecule has 0 radical (unpaired) electrons. The molecule has 1 saturated heterocycles. The first-order valence-corrected chi connectivity index (χ1v) is 15.1. The average molecular weight is 594 g/mol. The maximum absolute atomic E-state index is 11.9. The number of halogens is 2. The molecule has 6 N–H and O–H groups in total. The Bertz CT molecular complexity index is 1390. The highest BCUT2D eigenvalue weighted by atomic mass is 35.5. The van der Waals surface area contributed by atoms with Crippen molar-refractivity contribution >= 4 is 55.1 Å². The summed E-state index contributed by atoms with van der Waals surface area (Å²) in [6, 6.07) is 12.2. The Morgan fingerprint density at radius 1 is 1.03 bits per heavy atom. The Balaban J connectivity index is 1.51. The third kappa shape index (κ3) is 7.06. The zero-order valence-electron chi connectivity index (χ0n) is 18.9. The monoisotopic (exact) mass is 593 g/mol. The van der Waals surface area contributed by atoms with Crippen molar-refractivity contribution in [2.75, 3.05) is 17.8 Å². The molecule has 200 valence electrons. The van der Waals surface area contributed by atoms with Gasteiger partial charge in [-0.05, 0) is 40.9 Å². The smallest absolute Gasteiger partial charge is 0.340 e. The maximum atomic E-state index is 11.9. The molecule has 12 nitrogen and oxygen atoms in total. The van der Waals surface area contributed by atoms with E-state index in [4.69, 9.17) is 42.2 Å². The van der Waals surface area contributed by atoms with Crippen LogP contribution in [0.25, 0.3) is 10.9 Å². The van der Waals surface area contributed by atoms with Crippen LogP contribution >= 0.6 is 38.4 Å². The number of nitrogens with zero attached hydrogens (tertiary/aromatic N) is 2. The van der Waals surface area contributed by atoms with Crippen LogP contribution in [-0.2, 0) is 24.9 Å². The van der Waals surface area contributed by atoms with Gasteiger partial charge in [0.1, 0.15) is 30.2 Å². The summed E-state index contributed by atoms with van der Waals surface area (Å²) in [5, 5.41) is 25.3. The van der Waals surface area contributed by atoms with Gasteiger partial charge >= 0.3 is 15.2 Å². The Kier molecular flexibility index (Phi) is 8.59. The predicted molar refractivity (Wildman–Crippen MR) is 136 cm³/mol. The zero-order chi connectivity index (χ0) is 27.0. The van der Waals surface area contributed by atoms with Crippen LogP contribution in [0.2, 0.25) is 10.3 Å². The molecular weight excluding hydrogens is 571 g/mol. The van der Waals surface area contributed by atoms with Gasteiger partial charge in [0.05, 0.1) is 12.1 Å². The Morgan fingerprint density at radius 3 is 2.46 bits per heavy atom. The molecule has 1 aliphatic rings. The van der Waals surface area contributed by atoms with E-state index in [2.05, 4.69) is 15.3 Å². The lowest BCUT2D eigenvalue weighted by atomic mass is 10.0. The molecule has 0 bridgehead atoms. The first-order valence-electron chi connectivity index (χ1n) is 10.8. The van der Waals surface area contributed by atoms with E-state index in [-0.39, 0.29) is 5.28 Å². The number of aliphatic hydroxyl groups is 2. The first-order chi connectivity index (χ1) is 17.3. The van der Waals surface area contributed by atoms with E-state index in [1.165, 1.54) is 0 Å². The number of hydrogen-bond donors (Lipinski definition) is 6. The molecule has 37 heavy (non-hydrogen) atoms. The van der Waals surface area contributed by atoms with Crippen molar-refractivity contribution in [3.63, 3.8) is 0 Å². The number of aliphatic hydroxyl groups excluding tert-OH is 2. The fourth-order valence-corrected chi connectivity index (χ4v) is 6.82. The van der Waals surface area contributed by atoms with Crippen LogP contribution in [0.3, 0.4) is 0 Å². The summed E-state index contributed by atoms with van der Waals surface area (Å²) >= 11 is 12.3. The van der Waals surface area contributed by atoms with Crippen molar-refractivity contribution in [1.82, 2.24) is 9.97 Å². The van der Waals surface area contributed by atoms with Gasteiger partial charge in [-0.2, -0.15) is 0 Å². The number of aromatic nitrogens is 2. The van der Waals surface area contributed by atoms with Crippen LogP contribution < -0.4 is 5.32 Å². The summed E-state index contributed by atoms with van der Waals surface area (Å²) in [6.07, 6.45) is -5.23. The number of benzene rings is 2. The normalized spacial score (nSPS) is 23.8. The molecule has 1 fully saturated rings. The second-order valence-electron chi connectivity index (χ2n) is 8.38. The van der Waals surface area contributed by atoms with E-state index >= 15 is 0 Å². The minimum atomic E-state index is -4.82. The molecule has 1 aromatic heterocycles. The van der Waals surface area contributed by atoms with Gasteiger partial charge < -0.3 is 39.5 Å². The van der Waals surface area contributed by atoms with E-state index in [0.717, 1.165) is 5.56 Å². The summed E-state index contributed by atoms with van der Waals surface area (Å²) in [6.45, 7) is -0.306. The van der Waals surface area contributed by atoms with Gasteiger partial charge in [-0.1, -0.05) is 35.9 Å². The third-order valence-corrected chi connectivity index (χ3v) is 9.59. The molecule has 5 atom stereocenters. The number of ether oxygens (including phenoxy) is 1. The van der Waals surface area contributed by atoms with Crippen molar-refractivity contribution in [2.45, 2.75) is 31.0 Å². The second kappa shape index (κ2) is 11.2. The third-order valence-electron chi connectivity index (χ3n) is 5.59. The van der Waals surface area contributed by atoms with Crippen molar-refractivity contribution in [3.8, 4) is 0 Å². The van der Waals surface area contributed by atoms with Crippen molar-refractivity contribution in [3.05, 3.63) is 63.9 Å².